The van der Waals surface area contributed by atoms with Gasteiger partial charge in [0.15, 0.2) is 15.8 Å². The second-order valence-electron chi connectivity index (χ2n) is 7.28. The first-order valence-corrected chi connectivity index (χ1v) is 10.1. The van der Waals surface area contributed by atoms with Crippen LogP contribution in [0.4, 0.5) is 0 Å². The topological polar surface area (TPSA) is 70.6 Å². The largest absolute Gasteiger partial charge is 0.355 e. The number of nitrogens with zero attached hydrogens (tertiary/aromatic N) is 1. The van der Waals surface area contributed by atoms with Gasteiger partial charge < -0.3 is 10.6 Å². The lowest BCUT2D eigenvalue weighted by Crippen LogP contribution is -2.47. The van der Waals surface area contributed by atoms with E-state index in [1.807, 2.05) is 0 Å². The van der Waals surface area contributed by atoms with Gasteiger partial charge in [-0.1, -0.05) is 24.3 Å². The number of fused-ring (bicyclic) bond motifs is 1. The Bertz CT molecular complexity index is 690. The van der Waals surface area contributed by atoms with Crippen LogP contribution >= 0.6 is 0 Å². The van der Waals surface area contributed by atoms with Crippen LogP contribution in [0.1, 0.15) is 38.3 Å². The zero-order valence-corrected chi connectivity index (χ0v) is 15.9. The summed E-state index contributed by atoms with van der Waals surface area (Å²) in [5.41, 5.74) is 2.81. The number of benzene rings is 1. The molecule has 5 nitrogen and oxygen atoms in total. The quantitative estimate of drug-likeness (QED) is 0.642. The summed E-state index contributed by atoms with van der Waals surface area (Å²) in [4.78, 5) is 4.22. The Morgan fingerprint density at radius 3 is 2.54 bits per heavy atom. The third kappa shape index (κ3) is 4.72. The predicted octanol–water partition coefficient (Wildman–Crippen LogP) is 1.92. The van der Waals surface area contributed by atoms with E-state index in [4.69, 9.17) is 0 Å². The molecule has 24 heavy (non-hydrogen) atoms. The fourth-order valence-electron chi connectivity index (χ4n) is 2.82. The van der Waals surface area contributed by atoms with Crippen molar-refractivity contribution < 1.29 is 8.42 Å². The van der Waals surface area contributed by atoms with Crippen molar-refractivity contribution in [2.75, 3.05) is 19.3 Å². The Hall–Kier alpha value is -1.56. The molecule has 0 saturated heterocycles. The van der Waals surface area contributed by atoms with Crippen LogP contribution in [0.2, 0.25) is 0 Å². The van der Waals surface area contributed by atoms with Crippen LogP contribution in [-0.2, 0) is 22.7 Å². The molecule has 0 amide bonds. The fourth-order valence-corrected chi connectivity index (χ4v) is 3.80. The lowest BCUT2D eigenvalue weighted by molar-refractivity contribution is 0.521. The van der Waals surface area contributed by atoms with Gasteiger partial charge in [0.2, 0.25) is 0 Å². The summed E-state index contributed by atoms with van der Waals surface area (Å²) < 4.78 is 23.6. The molecule has 1 atom stereocenters. The van der Waals surface area contributed by atoms with Crippen molar-refractivity contribution in [1.29, 1.82) is 0 Å². The van der Waals surface area contributed by atoms with Crippen LogP contribution in [0.5, 0.6) is 0 Å². The average molecular weight is 352 g/mol. The first-order valence-electron chi connectivity index (χ1n) is 8.49. The van der Waals surface area contributed by atoms with Crippen molar-refractivity contribution in [3.63, 3.8) is 0 Å². The van der Waals surface area contributed by atoms with E-state index >= 15 is 0 Å². The van der Waals surface area contributed by atoms with Crippen LogP contribution in [-0.4, -0.2) is 44.5 Å². The van der Waals surface area contributed by atoms with E-state index < -0.39 is 14.6 Å². The van der Waals surface area contributed by atoms with Crippen molar-refractivity contribution in [3.8, 4) is 0 Å². The Kier molecular flexibility index (Phi) is 5.91. The standard InChI is InChI=1S/C18H29N3O2S/c1-18(2,3)24(22,23)12-11-20-17(19-4)21-16-10-9-14-7-5-6-8-15(14)13-16/h5-8,16H,9-13H2,1-4H3,(H2,19,20,21). The van der Waals surface area contributed by atoms with Gasteiger partial charge in [0.25, 0.3) is 0 Å². The van der Waals surface area contributed by atoms with Gasteiger partial charge >= 0.3 is 0 Å². The van der Waals surface area contributed by atoms with E-state index in [2.05, 4.69) is 39.9 Å². The van der Waals surface area contributed by atoms with Crippen molar-refractivity contribution in [1.82, 2.24) is 10.6 Å². The molecular weight excluding hydrogens is 322 g/mol. The monoisotopic (exact) mass is 351 g/mol. The highest BCUT2D eigenvalue weighted by molar-refractivity contribution is 7.92. The molecule has 0 heterocycles. The molecule has 6 heteroatoms. The minimum atomic E-state index is -3.12. The molecule has 1 unspecified atom stereocenters. The third-order valence-corrected chi connectivity index (χ3v) is 7.12. The van der Waals surface area contributed by atoms with Gasteiger partial charge in [0, 0.05) is 19.6 Å². The van der Waals surface area contributed by atoms with Crippen LogP contribution < -0.4 is 10.6 Å². The Balaban J connectivity index is 1.86. The van der Waals surface area contributed by atoms with Crippen molar-refractivity contribution >= 4 is 15.8 Å². The molecule has 0 aromatic heterocycles. The number of aryl methyl sites for hydroxylation is 1. The first kappa shape index (κ1) is 18.8. The highest BCUT2D eigenvalue weighted by atomic mass is 32.2. The highest BCUT2D eigenvalue weighted by Crippen LogP contribution is 2.21. The van der Waals surface area contributed by atoms with Gasteiger partial charge in [0.1, 0.15) is 0 Å². The van der Waals surface area contributed by atoms with E-state index in [0.29, 0.717) is 18.5 Å². The van der Waals surface area contributed by atoms with Crippen LogP contribution in [0.15, 0.2) is 29.3 Å². The Labute approximate surface area is 145 Å². The number of sulfone groups is 1. The molecule has 1 aliphatic rings. The minimum Gasteiger partial charge on any atom is -0.355 e. The molecule has 0 saturated carbocycles. The average Bonchev–Trinajstić information content (AvgIpc) is 2.52. The number of hydrogen-bond donors (Lipinski definition) is 2. The van der Waals surface area contributed by atoms with Gasteiger partial charge in [-0.25, -0.2) is 8.42 Å². The van der Waals surface area contributed by atoms with Crippen molar-refractivity contribution in [2.45, 2.75) is 50.8 Å². The lowest BCUT2D eigenvalue weighted by atomic mass is 9.88. The van der Waals surface area contributed by atoms with E-state index in [-0.39, 0.29) is 5.75 Å². The van der Waals surface area contributed by atoms with E-state index in [1.54, 1.807) is 27.8 Å². The molecule has 0 aliphatic heterocycles. The molecule has 2 N–H and O–H groups in total. The summed E-state index contributed by atoms with van der Waals surface area (Å²) in [6.07, 6.45) is 3.08. The molecule has 0 bridgehead atoms. The highest BCUT2D eigenvalue weighted by Gasteiger charge is 2.28. The maximum atomic E-state index is 12.1. The van der Waals surface area contributed by atoms with Crippen molar-refractivity contribution in [3.05, 3.63) is 35.4 Å². The second kappa shape index (κ2) is 7.55. The number of guanidine groups is 1. The van der Waals surface area contributed by atoms with Gasteiger partial charge in [0.05, 0.1) is 10.5 Å². The maximum Gasteiger partial charge on any atom is 0.191 e. The van der Waals surface area contributed by atoms with Gasteiger partial charge in [-0.05, 0) is 51.2 Å². The predicted molar refractivity (Wildman–Crippen MR) is 100 cm³/mol. The number of hydrogen-bond acceptors (Lipinski definition) is 3. The maximum absolute atomic E-state index is 12.1. The summed E-state index contributed by atoms with van der Waals surface area (Å²) in [6.45, 7) is 5.56. The molecule has 0 radical (unpaired) electrons. The molecule has 1 aliphatic carbocycles. The Morgan fingerprint density at radius 1 is 1.25 bits per heavy atom. The molecule has 134 valence electrons. The number of nitrogens with one attached hydrogen (secondary N) is 2. The van der Waals surface area contributed by atoms with Gasteiger partial charge in [-0.3, -0.25) is 4.99 Å². The smallest absolute Gasteiger partial charge is 0.191 e. The molecule has 1 aromatic rings. The normalized spacial score (nSPS) is 18.8. The van der Waals surface area contributed by atoms with E-state index in [0.717, 1.165) is 19.3 Å². The summed E-state index contributed by atoms with van der Waals surface area (Å²) >= 11 is 0. The van der Waals surface area contributed by atoms with Crippen LogP contribution in [0, 0.1) is 0 Å². The number of rotatable bonds is 4. The van der Waals surface area contributed by atoms with Crippen LogP contribution in [0.3, 0.4) is 0 Å². The minimum absolute atomic E-state index is 0.102. The second-order valence-corrected chi connectivity index (χ2v) is 10.1. The summed E-state index contributed by atoms with van der Waals surface area (Å²) in [5.74, 6) is 0.772. The summed E-state index contributed by atoms with van der Waals surface area (Å²) in [7, 11) is -1.41. The lowest BCUT2D eigenvalue weighted by Gasteiger charge is -2.27. The zero-order chi connectivity index (χ0) is 17.8. The molecule has 2 rings (SSSR count). The third-order valence-electron chi connectivity index (χ3n) is 4.51. The van der Waals surface area contributed by atoms with Gasteiger partial charge in [-0.2, -0.15) is 0 Å². The summed E-state index contributed by atoms with van der Waals surface area (Å²) in [5, 5.41) is 6.54. The zero-order valence-electron chi connectivity index (χ0n) is 15.1. The molecular formula is C18H29N3O2S. The molecule has 0 fully saturated rings. The number of aliphatic imine (C=N–C) groups is 1. The Morgan fingerprint density at radius 2 is 1.92 bits per heavy atom. The SMILES string of the molecule is CN=C(NCCS(=O)(=O)C(C)(C)C)NC1CCc2ccccc2C1. The van der Waals surface area contributed by atoms with Crippen LogP contribution in [0.25, 0.3) is 0 Å². The summed E-state index contributed by atoms with van der Waals surface area (Å²) in [6, 6.07) is 8.85. The van der Waals surface area contributed by atoms with Gasteiger partial charge in [-0.15, -0.1) is 0 Å². The molecule has 1 aromatic carbocycles. The van der Waals surface area contributed by atoms with E-state index in [1.165, 1.54) is 11.1 Å². The molecule has 0 spiro atoms. The fraction of sp³-hybridized carbons (Fsp3) is 0.611. The van der Waals surface area contributed by atoms with Crippen molar-refractivity contribution in [2.24, 2.45) is 4.99 Å². The first-order chi connectivity index (χ1) is 11.2. The van der Waals surface area contributed by atoms with E-state index in [9.17, 15) is 8.42 Å².